The number of carboxylic acid groups (broad SMARTS) is 1. The highest BCUT2D eigenvalue weighted by atomic mass is 16.5. The van der Waals surface area contributed by atoms with Crippen molar-refractivity contribution in [3.8, 4) is 5.75 Å². The fourth-order valence-electron chi connectivity index (χ4n) is 1.14. The van der Waals surface area contributed by atoms with Crippen LogP contribution >= 0.6 is 0 Å². The lowest BCUT2D eigenvalue weighted by Crippen LogP contribution is -1.90. The number of benzene rings is 1. The van der Waals surface area contributed by atoms with Crippen LogP contribution in [0.3, 0.4) is 0 Å². The maximum absolute atomic E-state index is 10.4. The third-order valence-electron chi connectivity index (χ3n) is 1.87. The van der Waals surface area contributed by atoms with Gasteiger partial charge in [-0.15, -0.1) is 0 Å². The summed E-state index contributed by atoms with van der Waals surface area (Å²) >= 11 is 0. The van der Waals surface area contributed by atoms with E-state index in [4.69, 9.17) is 9.84 Å². The van der Waals surface area contributed by atoms with Crippen LogP contribution in [0.4, 0.5) is 0 Å². The van der Waals surface area contributed by atoms with Crippen molar-refractivity contribution in [2.24, 2.45) is 0 Å². The van der Waals surface area contributed by atoms with Gasteiger partial charge in [-0.2, -0.15) is 0 Å². The molecule has 0 bridgehead atoms. The van der Waals surface area contributed by atoms with Crippen LogP contribution in [0, 0.1) is 0 Å². The van der Waals surface area contributed by atoms with Gasteiger partial charge in [0.05, 0.1) is 7.11 Å². The Morgan fingerprint density at radius 3 is 2.79 bits per heavy atom. The second kappa shape index (κ2) is 4.46. The van der Waals surface area contributed by atoms with Crippen LogP contribution in [-0.4, -0.2) is 18.2 Å². The van der Waals surface area contributed by atoms with Gasteiger partial charge in [-0.1, -0.05) is 12.1 Å². The van der Waals surface area contributed by atoms with Gasteiger partial charge in [0.25, 0.3) is 0 Å². The van der Waals surface area contributed by atoms with Gasteiger partial charge in [0.2, 0.25) is 0 Å². The van der Waals surface area contributed by atoms with Crippen LogP contribution in [0.2, 0.25) is 0 Å². The summed E-state index contributed by atoms with van der Waals surface area (Å²) in [6, 6.07) is 7.29. The van der Waals surface area contributed by atoms with Crippen molar-refractivity contribution in [1.82, 2.24) is 0 Å². The van der Waals surface area contributed by atoms with E-state index in [2.05, 4.69) is 0 Å². The Morgan fingerprint density at radius 1 is 1.50 bits per heavy atom. The molecule has 0 saturated carbocycles. The van der Waals surface area contributed by atoms with Crippen molar-refractivity contribution < 1.29 is 14.6 Å². The molecule has 0 aliphatic carbocycles. The number of methoxy groups -OCH3 is 1. The Bertz CT molecular complexity index is 367. The first-order valence-corrected chi connectivity index (χ1v) is 4.19. The summed E-state index contributed by atoms with van der Waals surface area (Å²) in [4.78, 5) is 10.4. The van der Waals surface area contributed by atoms with Gasteiger partial charge in [-0.3, -0.25) is 0 Å². The summed E-state index contributed by atoms with van der Waals surface area (Å²) < 4.78 is 5.04. The minimum Gasteiger partial charge on any atom is -0.497 e. The lowest BCUT2D eigenvalue weighted by atomic mass is 10.1. The zero-order chi connectivity index (χ0) is 10.6. The average Bonchev–Trinajstić information content (AvgIpc) is 2.17. The molecule has 0 unspecified atom stereocenters. The molecule has 0 aliphatic rings. The Balaban J connectivity index is 3.01. The predicted octanol–water partition coefficient (Wildman–Crippen LogP) is 2.18. The molecule has 0 aliphatic heterocycles. The summed E-state index contributed by atoms with van der Waals surface area (Å²) in [6.07, 6.45) is 1.18. The Hall–Kier alpha value is -1.77. The van der Waals surface area contributed by atoms with Gasteiger partial charge in [0.15, 0.2) is 0 Å². The van der Waals surface area contributed by atoms with E-state index >= 15 is 0 Å². The maximum atomic E-state index is 10.4. The van der Waals surface area contributed by atoms with E-state index in [9.17, 15) is 4.79 Å². The smallest absolute Gasteiger partial charge is 0.328 e. The Labute approximate surface area is 82.6 Å². The maximum Gasteiger partial charge on any atom is 0.328 e. The molecule has 1 aromatic rings. The van der Waals surface area contributed by atoms with Crippen molar-refractivity contribution in [2.45, 2.75) is 6.92 Å². The van der Waals surface area contributed by atoms with Gasteiger partial charge in [0.1, 0.15) is 5.75 Å². The first kappa shape index (κ1) is 10.3. The predicted molar refractivity (Wildman–Crippen MR) is 54.3 cm³/mol. The van der Waals surface area contributed by atoms with Gasteiger partial charge >= 0.3 is 5.97 Å². The first-order valence-electron chi connectivity index (χ1n) is 4.19. The number of hydrogen-bond donors (Lipinski definition) is 1. The number of allylic oxidation sites excluding steroid dienone is 1. The Kier molecular flexibility index (Phi) is 3.29. The normalized spacial score (nSPS) is 11.1. The largest absolute Gasteiger partial charge is 0.497 e. The van der Waals surface area contributed by atoms with E-state index in [1.807, 2.05) is 18.2 Å². The highest BCUT2D eigenvalue weighted by Crippen LogP contribution is 2.19. The molecule has 74 valence electrons. The summed E-state index contributed by atoms with van der Waals surface area (Å²) in [5.74, 6) is -0.217. The van der Waals surface area contributed by atoms with Crippen LogP contribution in [0.15, 0.2) is 30.3 Å². The number of carbonyl (C=O) groups is 1. The molecule has 1 rings (SSSR count). The molecule has 0 saturated heterocycles. The molecule has 0 fully saturated rings. The lowest BCUT2D eigenvalue weighted by Gasteiger charge is -2.03. The molecule has 0 aromatic heterocycles. The van der Waals surface area contributed by atoms with E-state index in [0.717, 1.165) is 11.3 Å². The topological polar surface area (TPSA) is 46.5 Å². The minimum atomic E-state index is -0.940. The molecule has 0 amide bonds. The van der Waals surface area contributed by atoms with E-state index in [1.54, 1.807) is 20.1 Å². The molecule has 0 heterocycles. The molecule has 1 aromatic carbocycles. The second-order valence-electron chi connectivity index (χ2n) is 2.90. The minimum absolute atomic E-state index is 0.705. The number of rotatable bonds is 3. The molecule has 0 atom stereocenters. The molecule has 14 heavy (non-hydrogen) atoms. The third-order valence-corrected chi connectivity index (χ3v) is 1.87. The number of carboxylic acids is 1. The van der Waals surface area contributed by atoms with Crippen molar-refractivity contribution in [2.75, 3.05) is 7.11 Å². The van der Waals surface area contributed by atoms with Crippen LogP contribution in [0.1, 0.15) is 12.5 Å². The highest BCUT2D eigenvalue weighted by Gasteiger charge is 1.99. The molecule has 0 spiro atoms. The summed E-state index contributed by atoms with van der Waals surface area (Å²) in [5.41, 5.74) is 1.56. The fourth-order valence-corrected chi connectivity index (χ4v) is 1.14. The average molecular weight is 192 g/mol. The SMILES string of the molecule is COc1cccc(/C(C)=C\C(=O)O)c1. The molecule has 3 nitrogen and oxygen atoms in total. The Morgan fingerprint density at radius 2 is 2.21 bits per heavy atom. The zero-order valence-corrected chi connectivity index (χ0v) is 8.15. The second-order valence-corrected chi connectivity index (χ2v) is 2.90. The van der Waals surface area contributed by atoms with Crippen LogP contribution in [-0.2, 0) is 4.79 Å². The number of ether oxygens (including phenoxy) is 1. The van der Waals surface area contributed by atoms with E-state index in [0.29, 0.717) is 5.57 Å². The number of hydrogen-bond acceptors (Lipinski definition) is 2. The van der Waals surface area contributed by atoms with E-state index in [1.165, 1.54) is 6.08 Å². The summed E-state index contributed by atoms with van der Waals surface area (Å²) in [7, 11) is 1.58. The van der Waals surface area contributed by atoms with Crippen LogP contribution in [0.25, 0.3) is 5.57 Å². The monoisotopic (exact) mass is 192 g/mol. The van der Waals surface area contributed by atoms with Crippen molar-refractivity contribution in [3.05, 3.63) is 35.9 Å². The van der Waals surface area contributed by atoms with Crippen LogP contribution in [0.5, 0.6) is 5.75 Å². The van der Waals surface area contributed by atoms with Gasteiger partial charge in [-0.25, -0.2) is 4.79 Å². The third kappa shape index (κ3) is 2.62. The molecule has 0 radical (unpaired) electrons. The van der Waals surface area contributed by atoms with Crippen LogP contribution < -0.4 is 4.74 Å². The number of aliphatic carboxylic acids is 1. The molecule has 1 N–H and O–H groups in total. The fraction of sp³-hybridized carbons (Fsp3) is 0.182. The van der Waals surface area contributed by atoms with E-state index in [-0.39, 0.29) is 0 Å². The zero-order valence-electron chi connectivity index (χ0n) is 8.15. The van der Waals surface area contributed by atoms with Crippen molar-refractivity contribution >= 4 is 11.5 Å². The lowest BCUT2D eigenvalue weighted by molar-refractivity contribution is -0.131. The first-order chi connectivity index (χ1) is 6.63. The van der Waals surface area contributed by atoms with Gasteiger partial charge in [0, 0.05) is 6.08 Å². The summed E-state index contributed by atoms with van der Waals surface area (Å²) in [6.45, 7) is 1.75. The van der Waals surface area contributed by atoms with Crippen molar-refractivity contribution in [1.29, 1.82) is 0 Å². The highest BCUT2D eigenvalue weighted by molar-refractivity contribution is 5.89. The standard InChI is InChI=1S/C11H12O3/c1-8(6-11(12)13)9-4-3-5-10(7-9)14-2/h3-7H,1-2H3,(H,12,13)/b8-6-. The quantitative estimate of drug-likeness (QED) is 0.746. The van der Waals surface area contributed by atoms with Gasteiger partial charge < -0.3 is 9.84 Å². The van der Waals surface area contributed by atoms with Gasteiger partial charge in [-0.05, 0) is 30.2 Å². The molecular formula is C11H12O3. The summed E-state index contributed by atoms with van der Waals surface area (Å²) in [5, 5.41) is 8.56. The van der Waals surface area contributed by atoms with E-state index < -0.39 is 5.97 Å². The molecular weight excluding hydrogens is 180 g/mol. The van der Waals surface area contributed by atoms with Crippen molar-refractivity contribution in [3.63, 3.8) is 0 Å². The molecule has 3 heteroatoms.